The minimum Gasteiger partial charge on any atom is -0.354 e. The maximum absolute atomic E-state index is 5.86. The fraction of sp³-hybridized carbons (Fsp3) is 0.750. The zero-order valence-electron chi connectivity index (χ0n) is 11.3. The Morgan fingerprint density at radius 1 is 1.05 bits per heavy atom. The lowest BCUT2D eigenvalue weighted by Gasteiger charge is -2.26. The van der Waals surface area contributed by atoms with Crippen LogP contribution in [-0.2, 0) is 0 Å². The number of anilines is 2. The predicted molar refractivity (Wildman–Crippen MR) is 77.8 cm³/mol. The van der Waals surface area contributed by atoms with Crippen molar-refractivity contribution in [2.24, 2.45) is 0 Å². The van der Waals surface area contributed by atoms with Crippen molar-refractivity contribution in [3.63, 3.8) is 0 Å². The van der Waals surface area contributed by atoms with Crippen molar-refractivity contribution in [3.8, 4) is 0 Å². The first-order valence-electron chi connectivity index (χ1n) is 6.89. The first kappa shape index (κ1) is 14.3. The monoisotopic (exact) mass is 284 g/mol. The summed E-state index contributed by atoms with van der Waals surface area (Å²) in [6.07, 6.45) is 3.98. The topological polar surface area (TPSA) is 66.0 Å². The van der Waals surface area contributed by atoms with Gasteiger partial charge in [-0.15, -0.1) is 0 Å². The zero-order valence-corrected chi connectivity index (χ0v) is 12.1. The zero-order chi connectivity index (χ0) is 13.5. The van der Waals surface area contributed by atoms with E-state index in [0.717, 1.165) is 19.6 Å². The summed E-state index contributed by atoms with van der Waals surface area (Å²) in [4.78, 5) is 14.8. The molecule has 19 heavy (non-hydrogen) atoms. The standard InChI is InChI=1S/C12H21ClN6/c1-2-14-11-16-10(13)17-12(18-11)15-6-9-19-7-4-3-5-8-19/h2-9H2,1H3,(H2,14,15,16,17,18). The summed E-state index contributed by atoms with van der Waals surface area (Å²) in [5.74, 6) is 1.05. The lowest BCUT2D eigenvalue weighted by atomic mass is 10.1. The second-order valence-corrected chi connectivity index (χ2v) is 4.95. The number of piperidine rings is 1. The first-order valence-corrected chi connectivity index (χ1v) is 7.27. The Kier molecular flexibility index (Phi) is 5.60. The van der Waals surface area contributed by atoms with E-state index in [1.807, 2.05) is 6.92 Å². The Hall–Kier alpha value is -1.14. The number of hydrogen-bond acceptors (Lipinski definition) is 6. The van der Waals surface area contributed by atoms with E-state index in [4.69, 9.17) is 11.6 Å². The molecule has 0 saturated carbocycles. The number of likely N-dealkylation sites (tertiary alicyclic amines) is 1. The molecule has 1 aliphatic heterocycles. The Morgan fingerprint density at radius 3 is 2.42 bits per heavy atom. The summed E-state index contributed by atoms with van der Waals surface area (Å²) in [6.45, 7) is 6.98. The minimum atomic E-state index is 0.214. The van der Waals surface area contributed by atoms with E-state index >= 15 is 0 Å². The highest BCUT2D eigenvalue weighted by Crippen LogP contribution is 2.10. The molecular formula is C12H21ClN6. The molecule has 0 aromatic carbocycles. The molecular weight excluding hydrogens is 264 g/mol. The highest BCUT2D eigenvalue weighted by Gasteiger charge is 2.09. The van der Waals surface area contributed by atoms with Crippen molar-refractivity contribution in [1.29, 1.82) is 0 Å². The van der Waals surface area contributed by atoms with Crippen LogP contribution in [0.3, 0.4) is 0 Å². The van der Waals surface area contributed by atoms with Gasteiger partial charge in [-0.2, -0.15) is 15.0 Å². The van der Waals surface area contributed by atoms with Gasteiger partial charge in [-0.25, -0.2) is 0 Å². The molecule has 2 rings (SSSR count). The van der Waals surface area contributed by atoms with Gasteiger partial charge in [0.2, 0.25) is 17.2 Å². The largest absolute Gasteiger partial charge is 0.354 e. The van der Waals surface area contributed by atoms with Crippen LogP contribution in [0.15, 0.2) is 0 Å². The molecule has 0 bridgehead atoms. The molecule has 1 aliphatic rings. The summed E-state index contributed by atoms with van der Waals surface area (Å²) in [7, 11) is 0. The summed E-state index contributed by atoms with van der Waals surface area (Å²) in [6, 6.07) is 0. The summed E-state index contributed by atoms with van der Waals surface area (Å²) in [5, 5.41) is 6.45. The van der Waals surface area contributed by atoms with Crippen LogP contribution in [0.1, 0.15) is 26.2 Å². The molecule has 0 atom stereocenters. The first-order chi connectivity index (χ1) is 9.28. The fourth-order valence-electron chi connectivity index (χ4n) is 2.18. The second kappa shape index (κ2) is 7.45. The van der Waals surface area contributed by atoms with Crippen LogP contribution in [0.25, 0.3) is 0 Å². The van der Waals surface area contributed by atoms with Gasteiger partial charge in [-0.1, -0.05) is 6.42 Å². The maximum Gasteiger partial charge on any atom is 0.228 e. The third-order valence-corrected chi connectivity index (χ3v) is 3.27. The summed E-state index contributed by atoms with van der Waals surface area (Å²) in [5.41, 5.74) is 0. The van der Waals surface area contributed by atoms with Gasteiger partial charge >= 0.3 is 0 Å². The number of hydrogen-bond donors (Lipinski definition) is 2. The third kappa shape index (κ3) is 4.80. The molecule has 0 spiro atoms. The molecule has 7 heteroatoms. The lowest BCUT2D eigenvalue weighted by Crippen LogP contribution is -2.33. The van der Waals surface area contributed by atoms with E-state index in [1.165, 1.54) is 32.4 Å². The lowest BCUT2D eigenvalue weighted by molar-refractivity contribution is 0.237. The van der Waals surface area contributed by atoms with Crippen molar-refractivity contribution in [2.75, 3.05) is 43.4 Å². The van der Waals surface area contributed by atoms with E-state index in [9.17, 15) is 0 Å². The fourth-order valence-corrected chi connectivity index (χ4v) is 2.34. The quantitative estimate of drug-likeness (QED) is 0.831. The summed E-state index contributed by atoms with van der Waals surface area (Å²) >= 11 is 5.86. The van der Waals surface area contributed by atoms with Crippen LogP contribution in [0.2, 0.25) is 5.28 Å². The molecule has 0 amide bonds. The highest BCUT2D eigenvalue weighted by molar-refractivity contribution is 6.28. The van der Waals surface area contributed by atoms with Gasteiger partial charge in [0, 0.05) is 19.6 Å². The molecule has 1 fully saturated rings. The Balaban J connectivity index is 1.81. The highest BCUT2D eigenvalue weighted by atomic mass is 35.5. The molecule has 0 aliphatic carbocycles. The van der Waals surface area contributed by atoms with Crippen LogP contribution in [-0.4, -0.2) is 52.6 Å². The molecule has 2 N–H and O–H groups in total. The average molecular weight is 285 g/mol. The minimum absolute atomic E-state index is 0.214. The molecule has 1 saturated heterocycles. The van der Waals surface area contributed by atoms with E-state index in [1.54, 1.807) is 0 Å². The van der Waals surface area contributed by atoms with Gasteiger partial charge in [0.05, 0.1) is 0 Å². The molecule has 1 aromatic heterocycles. The molecule has 0 unspecified atom stereocenters. The van der Waals surface area contributed by atoms with Gasteiger partial charge < -0.3 is 15.5 Å². The van der Waals surface area contributed by atoms with Gasteiger partial charge in [0.25, 0.3) is 0 Å². The maximum atomic E-state index is 5.86. The van der Waals surface area contributed by atoms with Gasteiger partial charge in [0.15, 0.2) is 0 Å². The Bertz CT molecular complexity index is 394. The van der Waals surface area contributed by atoms with Gasteiger partial charge in [-0.05, 0) is 44.5 Å². The average Bonchev–Trinajstić information content (AvgIpc) is 2.40. The smallest absolute Gasteiger partial charge is 0.228 e. The van der Waals surface area contributed by atoms with E-state index < -0.39 is 0 Å². The van der Waals surface area contributed by atoms with Crippen molar-refractivity contribution in [1.82, 2.24) is 19.9 Å². The number of nitrogens with one attached hydrogen (secondary N) is 2. The Labute approximate surface area is 119 Å². The van der Waals surface area contributed by atoms with Crippen molar-refractivity contribution >= 4 is 23.5 Å². The molecule has 2 heterocycles. The van der Waals surface area contributed by atoms with Crippen LogP contribution >= 0.6 is 11.6 Å². The third-order valence-electron chi connectivity index (χ3n) is 3.10. The SMILES string of the molecule is CCNc1nc(Cl)nc(NCCN2CCCCC2)n1. The van der Waals surface area contributed by atoms with Crippen molar-refractivity contribution in [2.45, 2.75) is 26.2 Å². The van der Waals surface area contributed by atoms with Crippen LogP contribution in [0, 0.1) is 0 Å². The Morgan fingerprint density at radius 2 is 1.74 bits per heavy atom. The van der Waals surface area contributed by atoms with Gasteiger partial charge in [-0.3, -0.25) is 0 Å². The summed E-state index contributed by atoms with van der Waals surface area (Å²) < 4.78 is 0. The molecule has 6 nitrogen and oxygen atoms in total. The van der Waals surface area contributed by atoms with Crippen LogP contribution < -0.4 is 10.6 Å². The second-order valence-electron chi connectivity index (χ2n) is 4.61. The van der Waals surface area contributed by atoms with Gasteiger partial charge in [0.1, 0.15) is 0 Å². The molecule has 0 radical (unpaired) electrons. The van der Waals surface area contributed by atoms with Crippen molar-refractivity contribution in [3.05, 3.63) is 5.28 Å². The van der Waals surface area contributed by atoms with E-state index in [0.29, 0.717) is 11.9 Å². The number of aromatic nitrogens is 3. The number of halogens is 1. The predicted octanol–water partition coefficient (Wildman–Crippen LogP) is 1.85. The van der Waals surface area contributed by atoms with E-state index in [2.05, 4.69) is 30.5 Å². The molecule has 1 aromatic rings. The number of rotatable bonds is 6. The van der Waals surface area contributed by atoms with Crippen molar-refractivity contribution < 1.29 is 0 Å². The molecule has 106 valence electrons. The van der Waals surface area contributed by atoms with E-state index in [-0.39, 0.29) is 5.28 Å². The van der Waals surface area contributed by atoms with Crippen LogP contribution in [0.5, 0.6) is 0 Å². The number of nitrogens with zero attached hydrogens (tertiary/aromatic N) is 4. The normalized spacial score (nSPS) is 16.3. The van der Waals surface area contributed by atoms with Crippen LogP contribution in [0.4, 0.5) is 11.9 Å².